The van der Waals surface area contributed by atoms with Gasteiger partial charge < -0.3 is 24.4 Å². The monoisotopic (exact) mass is 503 g/mol. The third-order valence-electron chi connectivity index (χ3n) is 6.87. The molecule has 11 heteroatoms. The van der Waals surface area contributed by atoms with Crippen LogP contribution in [0.2, 0.25) is 0 Å². The van der Waals surface area contributed by atoms with Crippen molar-refractivity contribution in [2.75, 3.05) is 44.3 Å². The fraction of sp³-hybridized carbons (Fsp3) is 0.480. The highest BCUT2D eigenvalue weighted by Gasteiger charge is 2.38. The van der Waals surface area contributed by atoms with Crippen molar-refractivity contribution in [3.05, 3.63) is 47.4 Å². The number of alkyl halides is 2. The predicted octanol–water partition coefficient (Wildman–Crippen LogP) is 4.45. The number of aromatic nitrogens is 3. The SMILES string of the molecule is COCC(F)(F)c1cccc([C@@H](C)Nc2nnc(OC)c3ncc(N4C5CCC4COC5)cc23)c1F. The van der Waals surface area contributed by atoms with Gasteiger partial charge in [-0.2, -0.15) is 8.78 Å². The highest BCUT2D eigenvalue weighted by atomic mass is 19.3. The van der Waals surface area contributed by atoms with Crippen LogP contribution in [0.4, 0.5) is 24.7 Å². The van der Waals surface area contributed by atoms with Gasteiger partial charge in [0.1, 0.15) is 17.9 Å². The number of benzene rings is 1. The number of halogens is 3. The molecule has 2 saturated heterocycles. The molecule has 0 aliphatic carbocycles. The summed E-state index contributed by atoms with van der Waals surface area (Å²) >= 11 is 0. The van der Waals surface area contributed by atoms with Crippen LogP contribution in [0, 0.1) is 5.82 Å². The first-order valence-corrected chi connectivity index (χ1v) is 11.8. The predicted molar refractivity (Wildman–Crippen MR) is 128 cm³/mol. The number of nitrogens with zero attached hydrogens (tertiary/aromatic N) is 4. The standard InChI is InChI=1S/C25H28F3N5O3/c1-14(18-5-4-6-20(21(18)26)25(27,28)13-34-2)30-23-19-9-17(10-29-22(19)24(35-3)32-31-23)33-15-7-8-16(33)12-36-11-15/h4-6,9-10,14-16H,7-8,11-13H2,1-3H3,(H,30,31)/t14-,15?,16?/m1/s1. The smallest absolute Gasteiger partial charge is 0.298 e. The second kappa shape index (κ2) is 9.70. The average Bonchev–Trinajstić information content (AvgIpc) is 3.11. The van der Waals surface area contributed by atoms with Crippen molar-refractivity contribution in [2.45, 2.75) is 43.8 Å². The van der Waals surface area contributed by atoms with Gasteiger partial charge in [0, 0.05) is 12.7 Å². The van der Waals surface area contributed by atoms with Crippen LogP contribution < -0.4 is 15.0 Å². The molecule has 0 saturated carbocycles. The average molecular weight is 504 g/mol. The number of ether oxygens (including phenoxy) is 3. The van der Waals surface area contributed by atoms with Crippen LogP contribution in [0.3, 0.4) is 0 Å². The molecule has 0 amide bonds. The van der Waals surface area contributed by atoms with E-state index in [9.17, 15) is 8.78 Å². The third-order valence-corrected chi connectivity index (χ3v) is 6.87. The molecule has 2 aliphatic rings. The molecule has 2 aliphatic heterocycles. The minimum absolute atomic E-state index is 0.0735. The van der Waals surface area contributed by atoms with Crippen molar-refractivity contribution in [1.82, 2.24) is 15.2 Å². The van der Waals surface area contributed by atoms with Crippen LogP contribution in [0.1, 0.15) is 36.9 Å². The summed E-state index contributed by atoms with van der Waals surface area (Å²) in [6, 6.07) is 5.76. The van der Waals surface area contributed by atoms with E-state index >= 15 is 4.39 Å². The van der Waals surface area contributed by atoms with Gasteiger partial charge in [-0.25, -0.2) is 9.37 Å². The van der Waals surface area contributed by atoms with Gasteiger partial charge in [0.15, 0.2) is 5.82 Å². The maximum Gasteiger partial charge on any atom is 0.298 e. The third kappa shape index (κ3) is 4.30. The lowest BCUT2D eigenvalue weighted by molar-refractivity contribution is -0.0722. The molecule has 1 aromatic carbocycles. The second-order valence-electron chi connectivity index (χ2n) is 9.19. The first kappa shape index (κ1) is 24.5. The zero-order valence-corrected chi connectivity index (χ0v) is 20.3. The number of nitrogens with one attached hydrogen (secondary N) is 1. The summed E-state index contributed by atoms with van der Waals surface area (Å²) in [5.41, 5.74) is 0.779. The van der Waals surface area contributed by atoms with Crippen molar-refractivity contribution in [3.8, 4) is 5.88 Å². The molecule has 0 radical (unpaired) electrons. The van der Waals surface area contributed by atoms with Crippen LogP contribution in [0.25, 0.3) is 10.9 Å². The zero-order valence-electron chi connectivity index (χ0n) is 20.3. The van der Waals surface area contributed by atoms with E-state index in [4.69, 9.17) is 9.47 Å². The summed E-state index contributed by atoms with van der Waals surface area (Å²) in [6.45, 7) is 2.09. The van der Waals surface area contributed by atoms with E-state index in [1.807, 2.05) is 6.07 Å². The van der Waals surface area contributed by atoms with E-state index in [2.05, 4.69) is 30.1 Å². The molecule has 8 nitrogen and oxygen atoms in total. The van der Waals surface area contributed by atoms with Gasteiger partial charge in [0.2, 0.25) is 0 Å². The van der Waals surface area contributed by atoms with Crippen molar-refractivity contribution in [3.63, 3.8) is 0 Å². The zero-order chi connectivity index (χ0) is 25.4. The number of fused-ring (bicyclic) bond motifs is 3. The number of hydrogen-bond donors (Lipinski definition) is 1. The molecule has 4 heterocycles. The molecule has 192 valence electrons. The molecule has 0 spiro atoms. The second-order valence-corrected chi connectivity index (χ2v) is 9.19. The summed E-state index contributed by atoms with van der Waals surface area (Å²) in [5, 5.41) is 12.1. The quantitative estimate of drug-likeness (QED) is 0.483. The summed E-state index contributed by atoms with van der Waals surface area (Å²) in [6.07, 6.45) is 3.88. The van der Waals surface area contributed by atoms with E-state index in [1.165, 1.54) is 19.2 Å². The van der Waals surface area contributed by atoms with Crippen molar-refractivity contribution in [2.24, 2.45) is 0 Å². The highest BCUT2D eigenvalue weighted by molar-refractivity contribution is 5.94. The Hall–Kier alpha value is -3.18. The minimum Gasteiger partial charge on any atom is -0.478 e. The first-order valence-electron chi connectivity index (χ1n) is 11.8. The maximum atomic E-state index is 15.2. The molecule has 3 aromatic rings. The topological polar surface area (TPSA) is 81.6 Å². The van der Waals surface area contributed by atoms with Crippen molar-refractivity contribution in [1.29, 1.82) is 0 Å². The summed E-state index contributed by atoms with van der Waals surface area (Å²) in [5.74, 6) is -3.85. The molecule has 2 fully saturated rings. The Bertz CT molecular complexity index is 1250. The summed E-state index contributed by atoms with van der Waals surface area (Å²) < 4.78 is 59.7. The maximum absolute atomic E-state index is 15.2. The number of methoxy groups -OCH3 is 2. The summed E-state index contributed by atoms with van der Waals surface area (Å²) in [4.78, 5) is 6.94. The van der Waals surface area contributed by atoms with Crippen molar-refractivity contribution >= 4 is 22.4 Å². The molecule has 1 N–H and O–H groups in total. The molecular formula is C25H28F3N5O3. The molecule has 2 aromatic heterocycles. The number of pyridine rings is 1. The van der Waals surface area contributed by atoms with E-state index in [0.717, 1.165) is 31.7 Å². The number of hydrogen-bond acceptors (Lipinski definition) is 8. The Morgan fingerprint density at radius 1 is 1.19 bits per heavy atom. The van der Waals surface area contributed by atoms with Gasteiger partial charge in [0.25, 0.3) is 11.8 Å². The lowest BCUT2D eigenvalue weighted by Gasteiger charge is -2.36. The van der Waals surface area contributed by atoms with Gasteiger partial charge in [-0.3, -0.25) is 0 Å². The van der Waals surface area contributed by atoms with Gasteiger partial charge in [-0.05, 0) is 31.9 Å². The fourth-order valence-electron chi connectivity index (χ4n) is 5.15. The van der Waals surface area contributed by atoms with Crippen LogP contribution in [-0.2, 0) is 15.4 Å². The molecule has 5 rings (SSSR count). The molecular weight excluding hydrogens is 475 g/mol. The van der Waals surface area contributed by atoms with Gasteiger partial charge >= 0.3 is 0 Å². The first-order chi connectivity index (χ1) is 17.3. The molecule has 2 unspecified atom stereocenters. The van der Waals surface area contributed by atoms with Crippen LogP contribution in [-0.4, -0.2) is 61.3 Å². The Kier molecular flexibility index (Phi) is 6.60. The Morgan fingerprint density at radius 3 is 2.64 bits per heavy atom. The largest absolute Gasteiger partial charge is 0.478 e. The van der Waals surface area contributed by atoms with Gasteiger partial charge in [-0.15, -0.1) is 10.2 Å². The van der Waals surface area contributed by atoms with Gasteiger partial charge in [-0.1, -0.05) is 12.1 Å². The normalized spacial score (nSPS) is 20.6. The van der Waals surface area contributed by atoms with Crippen LogP contribution in [0.15, 0.2) is 30.5 Å². The molecule has 3 atom stereocenters. The summed E-state index contributed by atoms with van der Waals surface area (Å²) in [7, 11) is 2.63. The Morgan fingerprint density at radius 2 is 1.94 bits per heavy atom. The van der Waals surface area contributed by atoms with E-state index in [-0.39, 0.29) is 23.5 Å². The van der Waals surface area contributed by atoms with Crippen molar-refractivity contribution < 1.29 is 27.4 Å². The van der Waals surface area contributed by atoms with Crippen LogP contribution >= 0.6 is 0 Å². The molecule has 36 heavy (non-hydrogen) atoms. The van der Waals surface area contributed by atoms with E-state index in [0.29, 0.717) is 29.9 Å². The number of anilines is 2. The lowest BCUT2D eigenvalue weighted by atomic mass is 10.00. The van der Waals surface area contributed by atoms with E-state index < -0.39 is 30.0 Å². The Balaban J connectivity index is 1.51. The highest BCUT2D eigenvalue weighted by Crippen LogP contribution is 2.38. The lowest BCUT2D eigenvalue weighted by Crippen LogP contribution is -2.45. The fourth-order valence-corrected chi connectivity index (χ4v) is 5.15. The van der Waals surface area contributed by atoms with Crippen LogP contribution in [0.5, 0.6) is 5.88 Å². The number of rotatable bonds is 8. The van der Waals surface area contributed by atoms with E-state index in [1.54, 1.807) is 13.1 Å². The molecule has 2 bridgehead atoms. The van der Waals surface area contributed by atoms with Gasteiger partial charge in [0.05, 0.1) is 61.3 Å². The minimum atomic E-state index is -3.46. The Labute approximate surface area is 206 Å². The number of morpholine rings is 1.